The first-order chi connectivity index (χ1) is 39.0. The number of hydrogen-bond donors (Lipinski definition) is 2. The summed E-state index contributed by atoms with van der Waals surface area (Å²) in [5, 5.41) is 2.95. The minimum atomic E-state index is -0.655. The van der Waals surface area contributed by atoms with E-state index in [1.807, 2.05) is 76.2 Å². The molecule has 0 aliphatic carbocycles. The molecular formula is C61H68N10O10. The van der Waals surface area contributed by atoms with Gasteiger partial charge in [-0.15, -0.1) is 0 Å². The van der Waals surface area contributed by atoms with Crippen molar-refractivity contribution in [1.29, 1.82) is 0 Å². The lowest BCUT2D eigenvalue weighted by Gasteiger charge is -2.36. The third-order valence-corrected chi connectivity index (χ3v) is 14.2. The number of ketones is 2. The van der Waals surface area contributed by atoms with Crippen molar-refractivity contribution in [2.75, 3.05) is 57.3 Å². The first-order valence-corrected chi connectivity index (χ1v) is 27.0. The third-order valence-electron chi connectivity index (χ3n) is 14.2. The Morgan fingerprint density at radius 3 is 1.78 bits per heavy atom. The Morgan fingerprint density at radius 1 is 0.654 bits per heavy atom. The van der Waals surface area contributed by atoms with Crippen LogP contribution in [0.25, 0.3) is 22.1 Å². The van der Waals surface area contributed by atoms with Crippen molar-refractivity contribution in [3.8, 4) is 11.5 Å². The van der Waals surface area contributed by atoms with Crippen LogP contribution in [0, 0.1) is 0 Å². The molecule has 0 spiro atoms. The Balaban J connectivity index is 0.000000203. The predicted molar refractivity (Wildman–Crippen MR) is 309 cm³/mol. The number of carbonyl (C=O) groups is 4. The number of anilines is 2. The van der Waals surface area contributed by atoms with Gasteiger partial charge in [-0.1, -0.05) is 84.9 Å². The minimum Gasteiger partial charge on any atom is -0.497 e. The van der Waals surface area contributed by atoms with Gasteiger partial charge in [-0.3, -0.25) is 28.3 Å². The van der Waals surface area contributed by atoms with Crippen LogP contribution in [0.15, 0.2) is 138 Å². The molecule has 3 N–H and O–H groups in total. The van der Waals surface area contributed by atoms with Crippen molar-refractivity contribution < 1.29 is 38.1 Å². The van der Waals surface area contributed by atoms with Crippen molar-refractivity contribution in [3.63, 3.8) is 0 Å². The number of nitrogens with zero attached hydrogens (tertiary/aromatic N) is 8. The van der Waals surface area contributed by atoms with Gasteiger partial charge in [-0.05, 0) is 81.8 Å². The standard InChI is InChI=1S/C34H39N5O7.C27H29N5O3/c1-34(2,3)46-33(43)36-24-14-10-16-37(19-24)30-27(32(42)45-5)28-29(39(30)18-22-11-7-6-8-12-22)31(41)38(21-35-28)20-26(40)23-13-9-15-25(17-23)44-4;1-35-22-11-5-9-20(13-22)24(33)17-31-18-29-23-14-25(30-12-6-10-21(28)16-30)32(26(23)27(31)34)15-19-7-3-2-4-8-19/h6-9,11-13,15,17,21,24H,10,14,16,18-20H2,1-5H3,(H,36,43);2-5,7-9,11,13-14,18,21H,6,10,12,15-17,28H2,1H3/t24-;21-/m00/s1. The first-order valence-electron chi connectivity index (χ1n) is 27.0. The van der Waals surface area contributed by atoms with Crippen molar-refractivity contribution in [2.45, 2.75) is 90.3 Å². The van der Waals surface area contributed by atoms with E-state index in [1.165, 1.54) is 36.0 Å². The van der Waals surface area contributed by atoms with Crippen LogP contribution in [-0.2, 0) is 35.7 Å². The van der Waals surface area contributed by atoms with E-state index in [9.17, 15) is 28.8 Å². The highest BCUT2D eigenvalue weighted by Crippen LogP contribution is 2.34. The van der Waals surface area contributed by atoms with Gasteiger partial charge in [-0.25, -0.2) is 19.6 Å². The predicted octanol–water partition coefficient (Wildman–Crippen LogP) is 7.48. The van der Waals surface area contributed by atoms with Crippen LogP contribution in [0.1, 0.15) is 88.7 Å². The fourth-order valence-corrected chi connectivity index (χ4v) is 10.4. The summed E-state index contributed by atoms with van der Waals surface area (Å²) < 4.78 is 27.6. The summed E-state index contributed by atoms with van der Waals surface area (Å²) in [6, 6.07) is 35.0. The molecule has 0 radical (unpaired) electrons. The summed E-state index contributed by atoms with van der Waals surface area (Å²) in [4.78, 5) is 93.5. The van der Waals surface area contributed by atoms with Gasteiger partial charge in [-0.2, -0.15) is 0 Å². The minimum absolute atomic E-state index is 0.0945. The van der Waals surface area contributed by atoms with Crippen molar-refractivity contribution >= 4 is 57.3 Å². The zero-order valence-electron chi connectivity index (χ0n) is 46.5. The average molecular weight is 1100 g/mol. The topological polar surface area (TPSA) is 229 Å². The molecule has 4 aromatic heterocycles. The maximum atomic E-state index is 14.2. The smallest absolute Gasteiger partial charge is 0.407 e. The molecule has 6 heterocycles. The fourth-order valence-electron chi connectivity index (χ4n) is 10.4. The summed E-state index contributed by atoms with van der Waals surface area (Å²) in [7, 11) is 4.35. The van der Waals surface area contributed by atoms with Crippen molar-refractivity contribution in [2.24, 2.45) is 5.73 Å². The molecule has 81 heavy (non-hydrogen) atoms. The molecule has 0 bridgehead atoms. The summed E-state index contributed by atoms with van der Waals surface area (Å²) in [6.07, 6.45) is 5.63. The zero-order chi connectivity index (χ0) is 57.4. The number of ether oxygens (including phenoxy) is 4. The number of esters is 1. The van der Waals surface area contributed by atoms with Crippen LogP contribution < -0.4 is 41.4 Å². The maximum absolute atomic E-state index is 14.2. The maximum Gasteiger partial charge on any atom is 0.407 e. The van der Waals surface area contributed by atoms with E-state index in [1.54, 1.807) is 81.0 Å². The molecule has 4 aromatic carbocycles. The number of nitrogens with two attached hydrogens (primary N) is 1. The number of carbonyl (C=O) groups excluding carboxylic acids is 4. The molecule has 2 aliphatic rings. The van der Waals surface area contributed by atoms with Gasteiger partial charge < -0.3 is 48.9 Å². The number of methoxy groups -OCH3 is 3. The second kappa shape index (κ2) is 25.0. The van der Waals surface area contributed by atoms with E-state index in [2.05, 4.69) is 20.2 Å². The highest BCUT2D eigenvalue weighted by Gasteiger charge is 2.34. The summed E-state index contributed by atoms with van der Waals surface area (Å²) in [6.45, 7) is 8.33. The lowest BCUT2D eigenvalue weighted by atomic mass is 10.1. The van der Waals surface area contributed by atoms with Gasteiger partial charge in [0.1, 0.15) is 50.8 Å². The van der Waals surface area contributed by atoms with Gasteiger partial charge >= 0.3 is 12.1 Å². The number of piperidine rings is 2. The van der Waals surface area contributed by atoms with Gasteiger partial charge in [0.25, 0.3) is 11.1 Å². The molecule has 20 heteroatoms. The molecular weight excluding hydrogens is 1030 g/mol. The zero-order valence-corrected chi connectivity index (χ0v) is 46.5. The summed E-state index contributed by atoms with van der Waals surface area (Å²) >= 11 is 0. The van der Waals surface area contributed by atoms with Crippen molar-refractivity contribution in [1.82, 2.24) is 33.6 Å². The highest BCUT2D eigenvalue weighted by atomic mass is 16.6. The number of fused-ring (bicyclic) bond motifs is 2. The Morgan fingerprint density at radius 2 is 1.21 bits per heavy atom. The number of Topliss-reactive ketones (excluding diaryl/α,β-unsaturated/α-hetero) is 2. The Hall–Kier alpha value is -9.04. The molecule has 2 aliphatic heterocycles. The van der Waals surface area contributed by atoms with Crippen LogP contribution >= 0.6 is 0 Å². The molecule has 10 rings (SSSR count). The van der Waals surface area contributed by atoms with Gasteiger partial charge in [0.15, 0.2) is 11.6 Å². The van der Waals surface area contributed by atoms with E-state index in [0.29, 0.717) is 72.0 Å². The lowest BCUT2D eigenvalue weighted by Crippen LogP contribution is -2.49. The number of amides is 1. The normalized spacial score (nSPS) is 15.4. The van der Waals surface area contributed by atoms with Gasteiger partial charge in [0.05, 0.1) is 52.6 Å². The second-order valence-corrected chi connectivity index (χ2v) is 21.2. The Labute approximate surface area is 468 Å². The molecule has 2 fully saturated rings. The molecule has 2 atom stereocenters. The quantitative estimate of drug-likeness (QED) is 0.0706. The lowest BCUT2D eigenvalue weighted by molar-refractivity contribution is 0.0497. The fraction of sp³-hybridized carbons (Fsp3) is 0.344. The van der Waals surface area contributed by atoms with Gasteiger partial charge in [0.2, 0.25) is 0 Å². The first kappa shape index (κ1) is 56.7. The van der Waals surface area contributed by atoms with Crippen LogP contribution in [-0.4, -0.2) is 117 Å². The molecule has 20 nitrogen and oxygen atoms in total. The van der Waals surface area contributed by atoms with Crippen LogP contribution in [0.3, 0.4) is 0 Å². The molecule has 0 unspecified atom stereocenters. The van der Waals surface area contributed by atoms with Crippen LogP contribution in [0.4, 0.5) is 16.4 Å². The van der Waals surface area contributed by atoms with Gasteiger partial charge in [0, 0.05) is 68.5 Å². The second-order valence-electron chi connectivity index (χ2n) is 21.2. The molecule has 422 valence electrons. The number of aromatic nitrogens is 6. The number of benzene rings is 4. The third kappa shape index (κ3) is 13.2. The summed E-state index contributed by atoms with van der Waals surface area (Å²) in [5.74, 6) is 1.38. The van der Waals surface area contributed by atoms with Crippen LogP contribution in [0.2, 0.25) is 0 Å². The largest absolute Gasteiger partial charge is 0.497 e. The Bertz CT molecular complexity index is 3700. The number of nitrogens with one attached hydrogen (secondary N) is 1. The molecule has 1 amide bonds. The number of rotatable bonds is 16. The average Bonchev–Trinajstić information content (AvgIpc) is 3.19. The van der Waals surface area contributed by atoms with E-state index >= 15 is 0 Å². The molecule has 2 saturated heterocycles. The number of hydrogen-bond acceptors (Lipinski definition) is 15. The number of alkyl carbamates (subject to hydrolysis) is 1. The summed E-state index contributed by atoms with van der Waals surface area (Å²) in [5.41, 5.74) is 9.33. The van der Waals surface area contributed by atoms with Crippen LogP contribution in [0.5, 0.6) is 11.5 Å². The van der Waals surface area contributed by atoms with E-state index in [0.717, 1.165) is 42.9 Å². The van der Waals surface area contributed by atoms with Crippen molar-refractivity contribution in [3.05, 3.63) is 176 Å². The van der Waals surface area contributed by atoms with E-state index in [-0.39, 0.29) is 65.4 Å². The molecule has 8 aromatic rings. The monoisotopic (exact) mass is 1100 g/mol. The van der Waals surface area contributed by atoms with E-state index in [4.69, 9.17) is 24.7 Å². The SMILES string of the molecule is COC(=O)c1c(N2CCC[C@H](NC(=O)OC(C)(C)C)C2)n(Cc2ccccc2)c2c(=O)n(CC(=O)c3cccc(OC)c3)cnc12.COc1cccc(C(=O)Cn2cnc3cc(N4CCC[C@H](N)C4)n(Cc4ccccc4)c3c2=O)c1. The van der Waals surface area contributed by atoms with E-state index < -0.39 is 23.2 Å². The highest BCUT2D eigenvalue weighted by molar-refractivity contribution is 6.08. The Kier molecular flexibility index (Phi) is 17.5. The molecule has 0 saturated carbocycles.